The van der Waals surface area contributed by atoms with Crippen molar-refractivity contribution < 1.29 is 4.79 Å². The average Bonchev–Trinajstić information content (AvgIpc) is 3.67. The molecule has 0 spiro atoms. The number of rotatable bonds is 6. The van der Waals surface area contributed by atoms with Crippen molar-refractivity contribution in [1.29, 1.82) is 0 Å². The number of carbonyl (C=O) groups is 1. The van der Waals surface area contributed by atoms with Crippen LogP contribution < -0.4 is 15.8 Å². The number of anilines is 1. The van der Waals surface area contributed by atoms with Crippen molar-refractivity contribution in [2.45, 2.75) is 62.7 Å². The van der Waals surface area contributed by atoms with Crippen molar-refractivity contribution >= 4 is 22.6 Å². The third-order valence-corrected chi connectivity index (χ3v) is 7.63. The molecule has 0 aromatic carbocycles. The SMILES string of the molecule is O=C(NC1CC1)c1ccc(N2CCN(Cc3cnc4cc(C5CC5)c(=O)[nH]c4c3)[C@H]3C[C@H]32)cn1. The Hall–Kier alpha value is -3.26. The molecule has 4 aliphatic rings. The summed E-state index contributed by atoms with van der Waals surface area (Å²) in [7, 11) is 0. The second kappa shape index (κ2) is 7.63. The van der Waals surface area contributed by atoms with Crippen LogP contribution in [-0.4, -0.2) is 57.0 Å². The van der Waals surface area contributed by atoms with Crippen molar-refractivity contribution in [3.63, 3.8) is 0 Å². The van der Waals surface area contributed by atoms with Gasteiger partial charge in [0.15, 0.2) is 0 Å². The van der Waals surface area contributed by atoms with Crippen LogP contribution in [0.15, 0.2) is 41.5 Å². The zero-order chi connectivity index (χ0) is 22.8. The number of carbonyl (C=O) groups excluding carboxylic acids is 1. The molecule has 0 unspecified atom stereocenters. The topological polar surface area (TPSA) is 94.2 Å². The summed E-state index contributed by atoms with van der Waals surface area (Å²) in [5.74, 6) is 0.348. The van der Waals surface area contributed by atoms with E-state index in [9.17, 15) is 9.59 Å². The van der Waals surface area contributed by atoms with E-state index >= 15 is 0 Å². The van der Waals surface area contributed by atoms with E-state index in [0.29, 0.717) is 29.7 Å². The number of pyridine rings is 3. The highest BCUT2D eigenvalue weighted by Crippen LogP contribution is 2.40. The number of hydrogen-bond acceptors (Lipinski definition) is 6. The number of fused-ring (bicyclic) bond motifs is 2. The molecule has 174 valence electrons. The van der Waals surface area contributed by atoms with Crippen molar-refractivity contribution in [1.82, 2.24) is 25.2 Å². The number of aromatic nitrogens is 3. The number of nitrogens with zero attached hydrogens (tertiary/aromatic N) is 4. The molecule has 4 fully saturated rings. The molecule has 8 heteroatoms. The van der Waals surface area contributed by atoms with Gasteiger partial charge >= 0.3 is 0 Å². The molecule has 2 atom stereocenters. The summed E-state index contributed by atoms with van der Waals surface area (Å²) in [6.07, 6.45) is 9.29. The summed E-state index contributed by atoms with van der Waals surface area (Å²) in [4.78, 5) is 41.7. The van der Waals surface area contributed by atoms with E-state index < -0.39 is 0 Å². The molecule has 4 heterocycles. The molecule has 3 aliphatic carbocycles. The van der Waals surface area contributed by atoms with Gasteiger partial charge in [0.05, 0.1) is 22.9 Å². The van der Waals surface area contributed by atoms with Gasteiger partial charge < -0.3 is 15.2 Å². The highest BCUT2D eigenvalue weighted by Gasteiger charge is 2.49. The van der Waals surface area contributed by atoms with Gasteiger partial charge in [0, 0.05) is 49.5 Å². The molecule has 7 rings (SSSR count). The summed E-state index contributed by atoms with van der Waals surface area (Å²) >= 11 is 0. The molecular weight excluding hydrogens is 428 g/mol. The number of amides is 1. The lowest BCUT2D eigenvalue weighted by molar-refractivity contribution is 0.0946. The van der Waals surface area contributed by atoms with Crippen LogP contribution in [-0.2, 0) is 6.54 Å². The zero-order valence-electron chi connectivity index (χ0n) is 19.0. The van der Waals surface area contributed by atoms with Gasteiger partial charge in [-0.1, -0.05) is 0 Å². The van der Waals surface area contributed by atoms with Crippen LogP contribution in [0.4, 0.5) is 5.69 Å². The van der Waals surface area contributed by atoms with Crippen LogP contribution >= 0.6 is 0 Å². The number of aromatic amines is 1. The van der Waals surface area contributed by atoms with E-state index in [1.807, 2.05) is 30.6 Å². The van der Waals surface area contributed by atoms with Crippen molar-refractivity contribution in [2.75, 3.05) is 18.0 Å². The Kier molecular flexibility index (Phi) is 4.52. The van der Waals surface area contributed by atoms with Crippen molar-refractivity contribution in [2.24, 2.45) is 0 Å². The van der Waals surface area contributed by atoms with Crippen LogP contribution in [0.25, 0.3) is 11.0 Å². The Morgan fingerprint density at radius 3 is 2.71 bits per heavy atom. The molecule has 3 aromatic heterocycles. The maximum absolute atomic E-state index is 12.4. The predicted octanol–water partition coefficient (Wildman–Crippen LogP) is 2.55. The van der Waals surface area contributed by atoms with E-state index in [1.54, 1.807) is 0 Å². The first kappa shape index (κ1) is 20.1. The smallest absolute Gasteiger partial charge is 0.270 e. The van der Waals surface area contributed by atoms with Gasteiger partial charge in [-0.05, 0) is 67.9 Å². The molecule has 8 nitrogen and oxygen atoms in total. The van der Waals surface area contributed by atoms with Crippen LogP contribution in [0.1, 0.15) is 59.6 Å². The first-order valence-electron chi connectivity index (χ1n) is 12.4. The second-order valence-corrected chi connectivity index (χ2v) is 10.3. The Balaban J connectivity index is 1.02. The van der Waals surface area contributed by atoms with Gasteiger partial charge in [0.25, 0.3) is 11.5 Å². The Morgan fingerprint density at radius 2 is 1.94 bits per heavy atom. The highest BCUT2D eigenvalue weighted by molar-refractivity contribution is 5.92. The molecule has 2 N–H and O–H groups in total. The van der Waals surface area contributed by atoms with Gasteiger partial charge in [-0.2, -0.15) is 0 Å². The summed E-state index contributed by atoms with van der Waals surface area (Å²) in [5, 5.41) is 2.99. The summed E-state index contributed by atoms with van der Waals surface area (Å²) in [5.41, 5.74) is 5.34. The minimum absolute atomic E-state index is 0.0365. The van der Waals surface area contributed by atoms with Gasteiger partial charge in [-0.3, -0.25) is 19.5 Å². The minimum Gasteiger partial charge on any atom is -0.364 e. The molecule has 1 aliphatic heterocycles. The standard InChI is InChI=1S/C26H28N6O2/c33-25-19(16-1-2-16)10-21-22(30-25)9-15(12-27-21)14-31-7-8-32(24-11-23(24)31)18-5-6-20(28-13-18)26(34)29-17-3-4-17/h5-6,9-10,12-13,16-17,23-24H,1-4,7-8,11,14H2,(H,29,34)(H,30,33)/t23-,24+/m0/s1. The third-order valence-electron chi connectivity index (χ3n) is 7.63. The fourth-order valence-corrected chi connectivity index (χ4v) is 5.32. The van der Waals surface area contributed by atoms with E-state index in [4.69, 9.17) is 0 Å². The first-order chi connectivity index (χ1) is 16.6. The van der Waals surface area contributed by atoms with E-state index in [1.165, 1.54) is 0 Å². The lowest BCUT2D eigenvalue weighted by Crippen LogP contribution is -2.46. The maximum atomic E-state index is 12.4. The number of nitrogens with one attached hydrogen (secondary N) is 2. The molecule has 0 bridgehead atoms. The number of hydrogen-bond donors (Lipinski definition) is 2. The molecule has 3 saturated carbocycles. The van der Waals surface area contributed by atoms with Gasteiger partial charge in [0.2, 0.25) is 0 Å². The van der Waals surface area contributed by atoms with Gasteiger partial charge in [-0.15, -0.1) is 0 Å². The summed E-state index contributed by atoms with van der Waals surface area (Å²) in [6.45, 7) is 2.72. The van der Waals surface area contributed by atoms with Crippen LogP contribution in [0, 0.1) is 0 Å². The van der Waals surface area contributed by atoms with Crippen molar-refractivity contribution in [3.05, 3.63) is 63.8 Å². The largest absolute Gasteiger partial charge is 0.364 e. The van der Waals surface area contributed by atoms with Gasteiger partial charge in [0.1, 0.15) is 5.69 Å². The fourth-order valence-electron chi connectivity index (χ4n) is 5.32. The average molecular weight is 457 g/mol. The predicted molar refractivity (Wildman–Crippen MR) is 129 cm³/mol. The monoisotopic (exact) mass is 456 g/mol. The molecule has 0 radical (unpaired) electrons. The molecule has 3 aromatic rings. The van der Waals surface area contributed by atoms with Gasteiger partial charge in [-0.25, -0.2) is 4.98 Å². The van der Waals surface area contributed by atoms with Crippen LogP contribution in [0.5, 0.6) is 0 Å². The summed E-state index contributed by atoms with van der Waals surface area (Å²) < 4.78 is 0. The molecule has 1 saturated heterocycles. The van der Waals surface area contributed by atoms with Crippen molar-refractivity contribution in [3.8, 4) is 0 Å². The maximum Gasteiger partial charge on any atom is 0.270 e. The zero-order valence-corrected chi connectivity index (χ0v) is 19.0. The van der Waals surface area contributed by atoms with Crippen LogP contribution in [0.2, 0.25) is 0 Å². The normalized spacial score (nSPS) is 24.2. The van der Waals surface area contributed by atoms with Crippen LogP contribution in [0.3, 0.4) is 0 Å². The van der Waals surface area contributed by atoms with E-state index in [0.717, 1.165) is 79.6 Å². The van der Waals surface area contributed by atoms with E-state index in [-0.39, 0.29) is 11.5 Å². The second-order valence-electron chi connectivity index (χ2n) is 10.3. The highest BCUT2D eigenvalue weighted by atomic mass is 16.2. The molecular formula is C26H28N6O2. The number of H-pyrrole nitrogens is 1. The lowest BCUT2D eigenvalue weighted by Gasteiger charge is -2.35. The lowest BCUT2D eigenvalue weighted by atomic mass is 10.1. The summed E-state index contributed by atoms with van der Waals surface area (Å²) in [6, 6.07) is 9.26. The fraction of sp³-hybridized carbons (Fsp3) is 0.462. The molecule has 34 heavy (non-hydrogen) atoms. The Bertz CT molecular complexity index is 1330. The number of piperazine rings is 1. The Labute approximate surface area is 197 Å². The first-order valence-corrected chi connectivity index (χ1v) is 12.4. The van der Waals surface area contributed by atoms with E-state index in [2.05, 4.69) is 36.1 Å². The molecule has 1 amide bonds. The third kappa shape index (κ3) is 3.76. The Morgan fingerprint density at radius 1 is 1.06 bits per heavy atom. The minimum atomic E-state index is -0.0720. The quantitative estimate of drug-likeness (QED) is 0.592.